The first kappa shape index (κ1) is 24.9. The maximum Gasteiger partial charge on any atom is 0.258 e. The van der Waals surface area contributed by atoms with Crippen LogP contribution in [0.2, 0.25) is 5.02 Å². The third kappa shape index (κ3) is 4.48. The number of nitrogens with zero attached hydrogens (tertiary/aromatic N) is 3. The minimum Gasteiger partial charge on any atom is -0.368 e. The number of sulfonamides is 1. The molecule has 0 radical (unpaired) electrons. The average molecular weight is 538 g/mol. The first-order valence-electron chi connectivity index (χ1n) is 11.5. The third-order valence-electron chi connectivity index (χ3n) is 6.75. The van der Waals surface area contributed by atoms with Crippen molar-refractivity contribution in [1.82, 2.24) is 19.2 Å². The average Bonchev–Trinajstić information content (AvgIpc) is 3.33. The van der Waals surface area contributed by atoms with E-state index in [0.29, 0.717) is 21.5 Å². The zero-order valence-electron chi connectivity index (χ0n) is 19.9. The lowest BCUT2D eigenvalue weighted by Gasteiger charge is -2.46. The fourth-order valence-corrected chi connectivity index (χ4v) is 6.29. The van der Waals surface area contributed by atoms with Crippen molar-refractivity contribution in [3.63, 3.8) is 0 Å². The van der Waals surface area contributed by atoms with Crippen molar-refractivity contribution in [2.75, 3.05) is 19.6 Å². The standard InChI is InChI=1S/C26H24ClN5O4S/c1-26(25(28)34)16-31(37(35,36)23-15-20-14-21(27)6-7-22(20)30-23)12-13-32(26)24(33)19-4-2-17(3-5-19)18-8-10-29-11-9-18/h2-11,14-15,30H,12-13,16H2,1H3,(H2,28,34). The number of amides is 2. The number of nitrogens with two attached hydrogens (primary N) is 1. The van der Waals surface area contributed by atoms with E-state index in [1.54, 1.807) is 42.7 Å². The number of aromatic nitrogens is 2. The molecule has 1 atom stereocenters. The van der Waals surface area contributed by atoms with Gasteiger partial charge in [0.2, 0.25) is 5.91 Å². The molecule has 190 valence electrons. The summed E-state index contributed by atoms with van der Waals surface area (Å²) >= 11 is 6.03. The molecule has 37 heavy (non-hydrogen) atoms. The number of benzene rings is 2. The molecular weight excluding hydrogens is 514 g/mol. The molecule has 2 aromatic carbocycles. The summed E-state index contributed by atoms with van der Waals surface area (Å²) in [6, 6.07) is 17.2. The molecule has 1 aliphatic rings. The topological polar surface area (TPSA) is 129 Å². The van der Waals surface area contributed by atoms with Crippen LogP contribution in [0.1, 0.15) is 17.3 Å². The van der Waals surface area contributed by atoms with Gasteiger partial charge in [-0.3, -0.25) is 14.6 Å². The van der Waals surface area contributed by atoms with Crippen LogP contribution in [0, 0.1) is 0 Å². The summed E-state index contributed by atoms with van der Waals surface area (Å²) in [5.41, 5.74) is 7.04. The lowest BCUT2D eigenvalue weighted by atomic mass is 9.95. The first-order valence-corrected chi connectivity index (χ1v) is 13.3. The number of carbonyl (C=O) groups is 2. The van der Waals surface area contributed by atoms with E-state index in [0.717, 1.165) is 11.1 Å². The van der Waals surface area contributed by atoms with Gasteiger partial charge < -0.3 is 15.6 Å². The van der Waals surface area contributed by atoms with Crippen LogP contribution >= 0.6 is 11.6 Å². The summed E-state index contributed by atoms with van der Waals surface area (Å²) in [5.74, 6) is -1.20. The van der Waals surface area contributed by atoms with Crippen molar-refractivity contribution < 1.29 is 18.0 Å². The number of piperazine rings is 1. The maximum atomic E-state index is 13.5. The number of nitrogens with one attached hydrogen (secondary N) is 1. The number of hydrogen-bond acceptors (Lipinski definition) is 5. The van der Waals surface area contributed by atoms with Crippen LogP contribution in [0.5, 0.6) is 0 Å². The molecule has 3 N–H and O–H groups in total. The molecule has 9 nitrogen and oxygen atoms in total. The van der Waals surface area contributed by atoms with Gasteiger partial charge in [0.1, 0.15) is 10.6 Å². The molecule has 11 heteroatoms. The zero-order chi connectivity index (χ0) is 26.4. The second-order valence-electron chi connectivity index (χ2n) is 9.11. The number of pyridine rings is 1. The maximum absolute atomic E-state index is 13.5. The Balaban J connectivity index is 1.41. The van der Waals surface area contributed by atoms with Crippen LogP contribution in [0.25, 0.3) is 22.0 Å². The second kappa shape index (κ2) is 9.29. The number of fused-ring (bicyclic) bond motifs is 1. The van der Waals surface area contributed by atoms with Gasteiger partial charge in [-0.1, -0.05) is 23.7 Å². The predicted molar refractivity (Wildman–Crippen MR) is 140 cm³/mol. The summed E-state index contributed by atoms with van der Waals surface area (Å²) in [4.78, 5) is 34.4. The van der Waals surface area contributed by atoms with Gasteiger partial charge in [-0.05, 0) is 66.6 Å². The Morgan fingerprint density at radius 1 is 1.00 bits per heavy atom. The van der Waals surface area contributed by atoms with Gasteiger partial charge in [-0.2, -0.15) is 4.31 Å². The van der Waals surface area contributed by atoms with E-state index in [4.69, 9.17) is 17.3 Å². The molecule has 1 fully saturated rings. The molecule has 1 unspecified atom stereocenters. The molecule has 0 spiro atoms. The van der Waals surface area contributed by atoms with Crippen LogP contribution in [-0.2, 0) is 14.8 Å². The Labute approximate surface area is 218 Å². The molecule has 3 heterocycles. The highest BCUT2D eigenvalue weighted by molar-refractivity contribution is 7.89. The van der Waals surface area contributed by atoms with E-state index in [1.165, 1.54) is 22.2 Å². The van der Waals surface area contributed by atoms with Gasteiger partial charge in [0.05, 0.1) is 0 Å². The highest BCUT2D eigenvalue weighted by Gasteiger charge is 2.48. The van der Waals surface area contributed by atoms with Crippen molar-refractivity contribution in [1.29, 1.82) is 0 Å². The largest absolute Gasteiger partial charge is 0.368 e. The van der Waals surface area contributed by atoms with Crippen LogP contribution in [0.3, 0.4) is 0 Å². The lowest BCUT2D eigenvalue weighted by Crippen LogP contribution is -2.68. The molecule has 1 aliphatic heterocycles. The third-order valence-corrected chi connectivity index (χ3v) is 8.75. The summed E-state index contributed by atoms with van der Waals surface area (Å²) in [5, 5.41) is 1.11. The number of aromatic amines is 1. The minimum atomic E-state index is -4.01. The zero-order valence-corrected chi connectivity index (χ0v) is 21.5. The smallest absolute Gasteiger partial charge is 0.258 e. The Morgan fingerprint density at radius 3 is 2.35 bits per heavy atom. The van der Waals surface area contributed by atoms with Gasteiger partial charge in [0.15, 0.2) is 0 Å². The van der Waals surface area contributed by atoms with E-state index in [1.807, 2.05) is 24.3 Å². The Morgan fingerprint density at radius 2 is 1.68 bits per heavy atom. The predicted octanol–water partition coefficient (Wildman–Crippen LogP) is 3.27. The molecule has 4 aromatic rings. The van der Waals surface area contributed by atoms with Crippen molar-refractivity contribution in [3.8, 4) is 11.1 Å². The fraction of sp³-hybridized carbons (Fsp3) is 0.192. The number of hydrogen-bond donors (Lipinski definition) is 2. The molecule has 0 bridgehead atoms. The molecule has 2 amide bonds. The number of primary amides is 1. The summed E-state index contributed by atoms with van der Waals surface area (Å²) in [6.07, 6.45) is 3.37. The fourth-order valence-electron chi connectivity index (χ4n) is 4.57. The van der Waals surface area contributed by atoms with E-state index in [9.17, 15) is 18.0 Å². The van der Waals surface area contributed by atoms with Crippen LogP contribution in [-0.4, -0.2) is 64.6 Å². The molecule has 0 saturated carbocycles. The second-order valence-corrected chi connectivity index (χ2v) is 11.5. The van der Waals surface area contributed by atoms with Crippen molar-refractivity contribution in [3.05, 3.63) is 83.6 Å². The number of halogens is 1. The van der Waals surface area contributed by atoms with Gasteiger partial charge in [0.25, 0.3) is 15.9 Å². The minimum absolute atomic E-state index is 0.00215. The van der Waals surface area contributed by atoms with Gasteiger partial charge in [-0.15, -0.1) is 0 Å². The van der Waals surface area contributed by atoms with Crippen LogP contribution < -0.4 is 5.73 Å². The Kier molecular flexibility index (Phi) is 6.26. The quantitative estimate of drug-likeness (QED) is 0.403. The van der Waals surface area contributed by atoms with E-state index < -0.39 is 27.4 Å². The molecule has 0 aliphatic carbocycles. The normalized spacial score (nSPS) is 18.7. The molecule has 5 rings (SSSR count). The van der Waals surface area contributed by atoms with Crippen molar-refractivity contribution in [2.45, 2.75) is 17.5 Å². The van der Waals surface area contributed by atoms with Crippen LogP contribution in [0.15, 0.2) is 78.1 Å². The van der Waals surface area contributed by atoms with Crippen LogP contribution in [0.4, 0.5) is 0 Å². The van der Waals surface area contributed by atoms with E-state index >= 15 is 0 Å². The summed E-state index contributed by atoms with van der Waals surface area (Å²) in [6.45, 7) is 1.21. The molecular formula is C26H24ClN5O4S. The number of rotatable bonds is 5. The monoisotopic (exact) mass is 537 g/mol. The summed E-state index contributed by atoms with van der Waals surface area (Å²) < 4.78 is 28.1. The number of H-pyrrole nitrogens is 1. The highest BCUT2D eigenvalue weighted by atomic mass is 35.5. The summed E-state index contributed by atoms with van der Waals surface area (Å²) in [7, 11) is -4.01. The molecule has 1 saturated heterocycles. The highest BCUT2D eigenvalue weighted by Crippen LogP contribution is 2.30. The Hall–Kier alpha value is -3.73. The van der Waals surface area contributed by atoms with Gasteiger partial charge in [-0.25, -0.2) is 8.42 Å². The Bertz CT molecular complexity index is 1610. The number of carbonyl (C=O) groups excluding carboxylic acids is 2. The van der Waals surface area contributed by atoms with Crippen molar-refractivity contribution >= 4 is 44.3 Å². The van der Waals surface area contributed by atoms with Gasteiger partial charge in [0, 0.05) is 53.5 Å². The first-order chi connectivity index (χ1) is 17.6. The SMILES string of the molecule is CC1(C(N)=O)CN(S(=O)(=O)c2cc3cc(Cl)ccc3[nH]2)CCN1C(=O)c1ccc(-c2ccncc2)cc1. The van der Waals surface area contributed by atoms with Gasteiger partial charge >= 0.3 is 0 Å². The molecule has 2 aromatic heterocycles. The van der Waals surface area contributed by atoms with E-state index in [2.05, 4.69) is 9.97 Å². The van der Waals surface area contributed by atoms with Crippen molar-refractivity contribution in [2.24, 2.45) is 5.73 Å². The lowest BCUT2D eigenvalue weighted by molar-refractivity contribution is -0.130. The van der Waals surface area contributed by atoms with E-state index in [-0.39, 0.29) is 24.7 Å².